The molecule has 2 aliphatic rings. The van der Waals surface area contributed by atoms with Gasteiger partial charge in [-0.2, -0.15) is 11.8 Å². The molecule has 3 heterocycles. The van der Waals surface area contributed by atoms with Crippen molar-refractivity contribution in [2.75, 3.05) is 18.1 Å². The quantitative estimate of drug-likeness (QED) is 0.782. The summed E-state index contributed by atoms with van der Waals surface area (Å²) in [7, 11) is 0. The van der Waals surface area contributed by atoms with Crippen LogP contribution in [0.25, 0.3) is 0 Å². The van der Waals surface area contributed by atoms with E-state index < -0.39 is 0 Å². The maximum Gasteiger partial charge on any atom is 0.177 e. The molecule has 1 spiro atoms. The molecule has 1 aromatic heterocycles. The van der Waals surface area contributed by atoms with Gasteiger partial charge >= 0.3 is 0 Å². The molecule has 0 bridgehead atoms. The molecule has 0 aliphatic carbocycles. The number of ether oxygens (including phenoxy) is 1. The second-order valence-corrected chi connectivity index (χ2v) is 7.47. The van der Waals surface area contributed by atoms with Gasteiger partial charge in [0.25, 0.3) is 0 Å². The smallest absolute Gasteiger partial charge is 0.177 e. The van der Waals surface area contributed by atoms with Crippen LogP contribution in [-0.2, 0) is 4.74 Å². The lowest BCUT2D eigenvalue weighted by Gasteiger charge is -2.36. The van der Waals surface area contributed by atoms with Crippen molar-refractivity contribution in [2.24, 2.45) is 5.92 Å². The van der Waals surface area contributed by atoms with Crippen LogP contribution < -0.4 is 0 Å². The Morgan fingerprint density at radius 1 is 1.61 bits per heavy atom. The summed E-state index contributed by atoms with van der Waals surface area (Å²) in [6, 6.07) is 0. The molecule has 18 heavy (non-hydrogen) atoms. The highest BCUT2D eigenvalue weighted by atomic mass is 32.2. The van der Waals surface area contributed by atoms with Crippen LogP contribution in [0.1, 0.15) is 33.9 Å². The van der Waals surface area contributed by atoms with Gasteiger partial charge in [0.05, 0.1) is 15.5 Å². The normalized spacial score (nSPS) is 31.9. The van der Waals surface area contributed by atoms with Crippen LogP contribution >= 0.6 is 23.1 Å². The minimum Gasteiger partial charge on any atom is -0.374 e. The van der Waals surface area contributed by atoms with Crippen molar-refractivity contribution < 1.29 is 9.53 Å². The van der Waals surface area contributed by atoms with Gasteiger partial charge in [-0.05, 0) is 31.9 Å². The summed E-state index contributed by atoms with van der Waals surface area (Å²) in [5.41, 5.74) is -0.0109. The third-order valence-electron chi connectivity index (χ3n) is 3.80. The van der Waals surface area contributed by atoms with E-state index in [0.29, 0.717) is 0 Å². The van der Waals surface area contributed by atoms with Gasteiger partial charge in [-0.1, -0.05) is 0 Å². The average molecular weight is 283 g/mol. The molecule has 2 aliphatic heterocycles. The summed E-state index contributed by atoms with van der Waals surface area (Å²) in [5, 5.41) is 0.969. The fourth-order valence-electron chi connectivity index (χ4n) is 2.79. The Kier molecular flexibility index (Phi) is 3.47. The average Bonchev–Trinajstić information content (AvgIpc) is 2.98. The highest BCUT2D eigenvalue weighted by molar-refractivity contribution is 7.99. The molecule has 0 amide bonds. The molecular weight excluding hydrogens is 266 g/mol. The Labute approximate surface area is 115 Å². The second kappa shape index (κ2) is 4.94. The zero-order valence-corrected chi connectivity index (χ0v) is 12.1. The number of aryl methyl sites for hydroxylation is 1. The number of thiazole rings is 1. The zero-order chi connectivity index (χ0) is 12.6. The van der Waals surface area contributed by atoms with Crippen molar-refractivity contribution >= 4 is 28.9 Å². The van der Waals surface area contributed by atoms with E-state index in [1.165, 1.54) is 17.1 Å². The van der Waals surface area contributed by atoms with E-state index in [1.807, 2.05) is 18.7 Å². The Morgan fingerprint density at radius 3 is 3.17 bits per heavy atom. The highest BCUT2D eigenvalue weighted by Crippen LogP contribution is 2.41. The van der Waals surface area contributed by atoms with E-state index in [-0.39, 0.29) is 17.3 Å². The molecule has 2 atom stereocenters. The highest BCUT2D eigenvalue weighted by Gasteiger charge is 2.42. The molecule has 5 heteroatoms. The number of carbonyl (C=O) groups is 1. The van der Waals surface area contributed by atoms with Crippen molar-refractivity contribution in [1.82, 2.24) is 4.98 Å². The van der Waals surface area contributed by atoms with Gasteiger partial charge in [0.2, 0.25) is 0 Å². The predicted octanol–water partition coefficient (Wildman–Crippen LogP) is 2.94. The molecule has 1 aromatic rings. The van der Waals surface area contributed by atoms with Crippen molar-refractivity contribution in [3.05, 3.63) is 16.1 Å². The first-order chi connectivity index (χ1) is 8.69. The summed E-state index contributed by atoms with van der Waals surface area (Å²) in [6.45, 7) is 2.68. The van der Waals surface area contributed by atoms with Crippen LogP contribution in [0.3, 0.4) is 0 Å². The summed E-state index contributed by atoms with van der Waals surface area (Å²) < 4.78 is 5.96. The number of hydrogen-bond donors (Lipinski definition) is 0. The SMILES string of the molecule is Cc1ncc(C(=O)C2CCOC3(CCSC3)C2)s1. The maximum absolute atomic E-state index is 12.5. The van der Waals surface area contributed by atoms with Gasteiger partial charge in [0.1, 0.15) is 0 Å². The molecular formula is C13H17NO2S2. The molecule has 0 radical (unpaired) electrons. The Bertz CT molecular complexity index is 452. The third-order valence-corrected chi connectivity index (χ3v) is 5.95. The summed E-state index contributed by atoms with van der Waals surface area (Å²) in [6.07, 6.45) is 4.59. The Balaban J connectivity index is 1.74. The Morgan fingerprint density at radius 2 is 2.50 bits per heavy atom. The van der Waals surface area contributed by atoms with Crippen LogP contribution in [0, 0.1) is 12.8 Å². The number of aromatic nitrogens is 1. The number of rotatable bonds is 2. The molecule has 0 aromatic carbocycles. The summed E-state index contributed by atoms with van der Waals surface area (Å²) in [4.78, 5) is 17.5. The second-order valence-electron chi connectivity index (χ2n) is 5.13. The van der Waals surface area contributed by atoms with Crippen LogP contribution in [0.5, 0.6) is 0 Å². The molecule has 0 N–H and O–H groups in total. The van der Waals surface area contributed by atoms with Crippen LogP contribution in [0.15, 0.2) is 6.20 Å². The number of thioether (sulfide) groups is 1. The lowest BCUT2D eigenvalue weighted by atomic mass is 9.83. The molecule has 3 nitrogen and oxygen atoms in total. The number of ketones is 1. The lowest BCUT2D eigenvalue weighted by molar-refractivity contribution is -0.0734. The first kappa shape index (κ1) is 12.6. The van der Waals surface area contributed by atoms with E-state index in [0.717, 1.165) is 41.5 Å². The zero-order valence-electron chi connectivity index (χ0n) is 10.5. The minimum absolute atomic E-state index is 0.0109. The van der Waals surface area contributed by atoms with Crippen LogP contribution in [0.2, 0.25) is 0 Å². The van der Waals surface area contributed by atoms with Gasteiger partial charge in [0, 0.05) is 24.5 Å². The van der Waals surface area contributed by atoms with Crippen molar-refractivity contribution in [2.45, 2.75) is 31.8 Å². The number of hydrogen-bond acceptors (Lipinski definition) is 5. The van der Waals surface area contributed by atoms with E-state index in [2.05, 4.69) is 4.98 Å². The van der Waals surface area contributed by atoms with Crippen molar-refractivity contribution in [3.8, 4) is 0 Å². The standard InChI is InChI=1S/C13H17NO2S2/c1-9-14-7-11(18-9)12(15)10-2-4-16-13(6-10)3-5-17-8-13/h7,10H,2-6,8H2,1H3. The van der Waals surface area contributed by atoms with E-state index in [4.69, 9.17) is 4.74 Å². The van der Waals surface area contributed by atoms with Gasteiger partial charge in [-0.25, -0.2) is 4.98 Å². The number of Topliss-reactive ketones (excluding diaryl/α,β-unsaturated/α-hetero) is 1. The van der Waals surface area contributed by atoms with Gasteiger partial charge in [-0.15, -0.1) is 11.3 Å². The predicted molar refractivity (Wildman–Crippen MR) is 74.5 cm³/mol. The first-order valence-electron chi connectivity index (χ1n) is 6.37. The monoisotopic (exact) mass is 283 g/mol. The lowest BCUT2D eigenvalue weighted by Crippen LogP contribution is -2.41. The third kappa shape index (κ3) is 2.36. The first-order valence-corrected chi connectivity index (χ1v) is 8.34. The molecule has 2 unspecified atom stereocenters. The van der Waals surface area contributed by atoms with Crippen LogP contribution in [-0.4, -0.2) is 34.5 Å². The molecule has 2 fully saturated rings. The number of nitrogens with zero attached hydrogens (tertiary/aromatic N) is 1. The largest absolute Gasteiger partial charge is 0.374 e. The maximum atomic E-state index is 12.5. The number of carbonyl (C=O) groups excluding carboxylic acids is 1. The summed E-state index contributed by atoms with van der Waals surface area (Å²) >= 11 is 3.46. The summed E-state index contributed by atoms with van der Waals surface area (Å²) in [5.74, 6) is 2.64. The molecule has 0 saturated carbocycles. The van der Waals surface area contributed by atoms with Crippen molar-refractivity contribution in [1.29, 1.82) is 0 Å². The van der Waals surface area contributed by atoms with Crippen molar-refractivity contribution in [3.63, 3.8) is 0 Å². The van der Waals surface area contributed by atoms with Gasteiger partial charge < -0.3 is 4.74 Å². The topological polar surface area (TPSA) is 39.2 Å². The van der Waals surface area contributed by atoms with Gasteiger partial charge in [-0.3, -0.25) is 4.79 Å². The van der Waals surface area contributed by atoms with E-state index >= 15 is 0 Å². The minimum atomic E-state index is -0.0109. The molecule has 2 saturated heterocycles. The van der Waals surface area contributed by atoms with E-state index in [9.17, 15) is 4.79 Å². The molecule has 3 rings (SSSR count). The van der Waals surface area contributed by atoms with E-state index in [1.54, 1.807) is 6.20 Å². The van der Waals surface area contributed by atoms with Crippen LogP contribution in [0.4, 0.5) is 0 Å². The molecule has 98 valence electrons. The Hall–Kier alpha value is -0.390. The van der Waals surface area contributed by atoms with Gasteiger partial charge in [0.15, 0.2) is 5.78 Å². The fraction of sp³-hybridized carbons (Fsp3) is 0.692. The fourth-order valence-corrected chi connectivity index (χ4v) is 4.97.